The summed E-state index contributed by atoms with van der Waals surface area (Å²) >= 11 is 0. The van der Waals surface area contributed by atoms with Gasteiger partial charge in [0.1, 0.15) is 0 Å². The van der Waals surface area contributed by atoms with E-state index in [-0.39, 0.29) is 35.8 Å². The zero-order valence-electron chi connectivity index (χ0n) is 16.8. The lowest BCUT2D eigenvalue weighted by Crippen LogP contribution is -2.33. The van der Waals surface area contributed by atoms with Crippen molar-refractivity contribution in [2.45, 2.75) is 38.8 Å². The largest absolute Gasteiger partial charge is 0.416 e. The van der Waals surface area contributed by atoms with Gasteiger partial charge in [-0.3, -0.25) is 9.59 Å². The Balaban J connectivity index is 1.46. The van der Waals surface area contributed by atoms with E-state index in [9.17, 15) is 22.8 Å². The van der Waals surface area contributed by atoms with Crippen molar-refractivity contribution in [2.24, 2.45) is 5.92 Å². The summed E-state index contributed by atoms with van der Waals surface area (Å²) in [6.07, 6.45) is -3.60. The Morgan fingerprint density at radius 3 is 2.57 bits per heavy atom. The molecule has 1 N–H and O–H groups in total. The van der Waals surface area contributed by atoms with Gasteiger partial charge < -0.3 is 14.7 Å². The Bertz CT molecular complexity index is 891. The highest BCUT2D eigenvalue weighted by Gasteiger charge is 2.30. The summed E-state index contributed by atoms with van der Waals surface area (Å²) in [6, 6.07) is 6.25. The van der Waals surface area contributed by atoms with Crippen LogP contribution in [0.2, 0.25) is 0 Å². The van der Waals surface area contributed by atoms with Gasteiger partial charge in [-0.15, -0.1) is 0 Å². The van der Waals surface area contributed by atoms with Crippen LogP contribution in [0.25, 0.3) is 0 Å². The van der Waals surface area contributed by atoms with Gasteiger partial charge in [0.2, 0.25) is 11.7 Å². The van der Waals surface area contributed by atoms with Crippen LogP contribution in [-0.2, 0) is 17.4 Å². The molecular formula is C21H24F3N3O3. The van der Waals surface area contributed by atoms with Crippen molar-refractivity contribution in [1.29, 1.82) is 0 Å². The van der Waals surface area contributed by atoms with Gasteiger partial charge in [-0.1, -0.05) is 31.1 Å². The molecule has 1 aliphatic heterocycles. The molecule has 9 heteroatoms. The number of nitrogens with one attached hydrogen (secondary N) is 1. The maximum absolute atomic E-state index is 12.6. The van der Waals surface area contributed by atoms with E-state index in [2.05, 4.69) is 10.5 Å². The summed E-state index contributed by atoms with van der Waals surface area (Å²) < 4.78 is 43.0. The average Bonchev–Trinajstić information content (AvgIpc) is 3.36. The van der Waals surface area contributed by atoms with Crippen LogP contribution < -0.4 is 5.32 Å². The standard InChI is InChI=1S/C21H24F3N3O3/c1-13(2)17-10-18(30-26-17)20(29)25-11-15-7-8-27(12-15)19(28)9-14-3-5-16(6-4-14)21(22,23)24/h3-6,10,13,15H,7-9,11-12H2,1-2H3,(H,25,29)/t15-/m1/s1. The molecule has 2 heterocycles. The summed E-state index contributed by atoms with van der Waals surface area (Å²) in [5.41, 5.74) is 0.514. The highest BCUT2D eigenvalue weighted by Crippen LogP contribution is 2.29. The van der Waals surface area contributed by atoms with E-state index in [0.717, 1.165) is 18.6 Å². The minimum absolute atomic E-state index is 0.0489. The normalized spacial score (nSPS) is 16.9. The van der Waals surface area contributed by atoms with E-state index in [0.29, 0.717) is 30.9 Å². The minimum Gasteiger partial charge on any atom is -0.351 e. The van der Waals surface area contributed by atoms with Crippen LogP contribution in [0.15, 0.2) is 34.9 Å². The lowest BCUT2D eigenvalue weighted by atomic mass is 10.1. The Morgan fingerprint density at radius 2 is 1.97 bits per heavy atom. The Labute approximate surface area is 172 Å². The third kappa shape index (κ3) is 5.40. The second-order valence-electron chi connectivity index (χ2n) is 7.85. The van der Waals surface area contributed by atoms with Gasteiger partial charge in [-0.2, -0.15) is 13.2 Å². The number of benzene rings is 1. The third-order valence-corrected chi connectivity index (χ3v) is 5.17. The van der Waals surface area contributed by atoms with Crippen LogP contribution in [0.4, 0.5) is 13.2 Å². The third-order valence-electron chi connectivity index (χ3n) is 5.17. The lowest BCUT2D eigenvalue weighted by molar-refractivity contribution is -0.137. The molecule has 1 aromatic carbocycles. The summed E-state index contributed by atoms with van der Waals surface area (Å²) in [5, 5.41) is 6.66. The number of amides is 2. The van der Waals surface area contributed by atoms with Crippen molar-refractivity contribution < 1.29 is 27.3 Å². The fourth-order valence-electron chi connectivity index (χ4n) is 3.32. The van der Waals surface area contributed by atoms with Gasteiger partial charge in [0, 0.05) is 25.7 Å². The van der Waals surface area contributed by atoms with E-state index in [1.807, 2.05) is 13.8 Å². The van der Waals surface area contributed by atoms with Crippen molar-refractivity contribution in [3.63, 3.8) is 0 Å². The molecule has 0 aliphatic carbocycles. The van der Waals surface area contributed by atoms with Crippen LogP contribution in [0.1, 0.15) is 53.6 Å². The molecule has 0 radical (unpaired) electrons. The summed E-state index contributed by atoms with van der Waals surface area (Å²) in [4.78, 5) is 26.3. The molecule has 2 amide bonds. The summed E-state index contributed by atoms with van der Waals surface area (Å²) in [7, 11) is 0. The number of alkyl halides is 3. The first-order chi connectivity index (χ1) is 14.1. The minimum atomic E-state index is -4.39. The maximum Gasteiger partial charge on any atom is 0.416 e. The number of aromatic nitrogens is 1. The Kier molecular flexibility index (Phi) is 6.48. The second kappa shape index (κ2) is 8.89. The molecule has 0 bridgehead atoms. The molecular weight excluding hydrogens is 399 g/mol. The number of likely N-dealkylation sites (tertiary alicyclic amines) is 1. The first-order valence-corrected chi connectivity index (χ1v) is 9.82. The molecule has 3 rings (SSSR count). The lowest BCUT2D eigenvalue weighted by Gasteiger charge is -2.17. The molecule has 1 atom stereocenters. The smallest absolute Gasteiger partial charge is 0.351 e. The van der Waals surface area contributed by atoms with E-state index in [1.165, 1.54) is 12.1 Å². The van der Waals surface area contributed by atoms with Gasteiger partial charge in [-0.25, -0.2) is 0 Å². The van der Waals surface area contributed by atoms with Crippen molar-refractivity contribution >= 4 is 11.8 Å². The first kappa shape index (κ1) is 21.9. The van der Waals surface area contributed by atoms with Gasteiger partial charge in [0.25, 0.3) is 5.91 Å². The average molecular weight is 423 g/mol. The number of hydrogen-bond donors (Lipinski definition) is 1. The van der Waals surface area contributed by atoms with Crippen LogP contribution in [0.5, 0.6) is 0 Å². The Hall–Kier alpha value is -2.84. The monoisotopic (exact) mass is 423 g/mol. The topological polar surface area (TPSA) is 75.4 Å². The highest BCUT2D eigenvalue weighted by molar-refractivity contribution is 5.91. The van der Waals surface area contributed by atoms with Gasteiger partial charge in [-0.05, 0) is 36.0 Å². The van der Waals surface area contributed by atoms with Crippen molar-refractivity contribution in [2.75, 3.05) is 19.6 Å². The van der Waals surface area contributed by atoms with Crippen molar-refractivity contribution in [3.8, 4) is 0 Å². The predicted molar refractivity (Wildman–Crippen MR) is 103 cm³/mol. The molecule has 6 nitrogen and oxygen atoms in total. The van der Waals surface area contributed by atoms with E-state index in [1.54, 1.807) is 11.0 Å². The van der Waals surface area contributed by atoms with E-state index >= 15 is 0 Å². The molecule has 1 aliphatic rings. The van der Waals surface area contributed by atoms with Crippen LogP contribution in [-0.4, -0.2) is 41.5 Å². The number of carbonyl (C=O) groups excluding carboxylic acids is 2. The van der Waals surface area contributed by atoms with Gasteiger partial charge in [0.15, 0.2) is 0 Å². The number of rotatable bonds is 6. The van der Waals surface area contributed by atoms with Crippen LogP contribution in [0, 0.1) is 5.92 Å². The molecule has 1 aromatic heterocycles. The maximum atomic E-state index is 12.6. The number of halogens is 3. The number of carbonyl (C=O) groups is 2. The van der Waals surface area contributed by atoms with Crippen molar-refractivity contribution in [3.05, 3.63) is 52.9 Å². The highest BCUT2D eigenvalue weighted by atomic mass is 19.4. The van der Waals surface area contributed by atoms with E-state index < -0.39 is 11.7 Å². The summed E-state index contributed by atoms with van der Waals surface area (Å²) in [5.74, 6) is -0.0522. The van der Waals surface area contributed by atoms with Crippen molar-refractivity contribution in [1.82, 2.24) is 15.4 Å². The second-order valence-corrected chi connectivity index (χ2v) is 7.85. The zero-order valence-corrected chi connectivity index (χ0v) is 16.8. The fraction of sp³-hybridized carbons (Fsp3) is 0.476. The quantitative estimate of drug-likeness (QED) is 0.770. The molecule has 0 spiro atoms. The van der Waals surface area contributed by atoms with Gasteiger partial charge >= 0.3 is 6.18 Å². The first-order valence-electron chi connectivity index (χ1n) is 9.82. The SMILES string of the molecule is CC(C)c1cc(C(=O)NC[C@H]2CCN(C(=O)Cc3ccc(C(F)(F)F)cc3)C2)on1. The van der Waals surface area contributed by atoms with Crippen LogP contribution >= 0.6 is 0 Å². The Morgan fingerprint density at radius 1 is 1.27 bits per heavy atom. The number of hydrogen-bond acceptors (Lipinski definition) is 4. The zero-order chi connectivity index (χ0) is 21.9. The molecule has 30 heavy (non-hydrogen) atoms. The molecule has 0 saturated carbocycles. The molecule has 2 aromatic rings. The van der Waals surface area contributed by atoms with Crippen LogP contribution in [0.3, 0.4) is 0 Å². The predicted octanol–water partition coefficient (Wildman–Crippen LogP) is 3.64. The molecule has 162 valence electrons. The van der Waals surface area contributed by atoms with E-state index in [4.69, 9.17) is 4.52 Å². The number of nitrogens with zero attached hydrogens (tertiary/aromatic N) is 2. The fourth-order valence-corrected chi connectivity index (χ4v) is 3.32. The summed E-state index contributed by atoms with van der Waals surface area (Å²) in [6.45, 7) is 5.36. The molecule has 1 fully saturated rings. The molecule has 1 saturated heterocycles. The van der Waals surface area contributed by atoms with Gasteiger partial charge in [0.05, 0.1) is 17.7 Å². The molecule has 0 unspecified atom stereocenters.